The van der Waals surface area contributed by atoms with Crippen molar-refractivity contribution >= 4 is 27.7 Å². The van der Waals surface area contributed by atoms with Crippen LogP contribution in [0.25, 0.3) is 0 Å². The summed E-state index contributed by atoms with van der Waals surface area (Å²) in [5.74, 6) is -0.365. The lowest BCUT2D eigenvalue weighted by Crippen LogP contribution is -2.54. The average molecular weight is 502 g/mol. The summed E-state index contributed by atoms with van der Waals surface area (Å²) >= 11 is 0. The minimum atomic E-state index is -3.66. The second kappa shape index (κ2) is 11.3. The molecule has 0 unspecified atom stereocenters. The summed E-state index contributed by atoms with van der Waals surface area (Å²) in [6.07, 6.45) is 2.31. The van der Waals surface area contributed by atoms with E-state index in [4.69, 9.17) is 15.9 Å². The van der Waals surface area contributed by atoms with Gasteiger partial charge in [0.2, 0.25) is 21.8 Å². The van der Waals surface area contributed by atoms with E-state index in [0.717, 1.165) is 11.8 Å². The molecule has 2 aromatic carbocycles. The Balaban J connectivity index is 1.72. The van der Waals surface area contributed by atoms with Crippen LogP contribution in [0.3, 0.4) is 0 Å². The Morgan fingerprint density at radius 3 is 2.57 bits per heavy atom. The minimum absolute atomic E-state index is 0.0910. The molecule has 0 aliphatic carbocycles. The molecule has 0 bridgehead atoms. The SMILES string of the molecule is COc1cc(C(=N)N)ccc1CNC(=O)[C@@H]1CCCN1C(=O)[C@@H](Cc1ccccc1)NS(C)(=O)=O. The van der Waals surface area contributed by atoms with Gasteiger partial charge in [-0.2, -0.15) is 0 Å². The number of amidine groups is 1. The van der Waals surface area contributed by atoms with Crippen LogP contribution in [0, 0.1) is 5.41 Å². The molecule has 10 nitrogen and oxygen atoms in total. The number of benzene rings is 2. The predicted octanol–water partition coefficient (Wildman–Crippen LogP) is 0.747. The molecule has 0 aromatic heterocycles. The van der Waals surface area contributed by atoms with Gasteiger partial charge in [0.1, 0.15) is 23.7 Å². The second-order valence-corrected chi connectivity index (χ2v) is 10.3. The molecule has 2 aromatic rings. The molecule has 0 saturated carbocycles. The van der Waals surface area contributed by atoms with Gasteiger partial charge in [0.15, 0.2) is 0 Å². The number of nitrogens with two attached hydrogens (primary N) is 1. The molecule has 35 heavy (non-hydrogen) atoms. The topological polar surface area (TPSA) is 155 Å². The summed E-state index contributed by atoms with van der Waals surface area (Å²) in [5.41, 5.74) is 7.54. The fraction of sp³-hybridized carbons (Fsp3) is 0.375. The van der Waals surface area contributed by atoms with Crippen molar-refractivity contribution in [3.8, 4) is 5.75 Å². The molecule has 1 aliphatic rings. The van der Waals surface area contributed by atoms with Gasteiger partial charge >= 0.3 is 0 Å². The van der Waals surface area contributed by atoms with Crippen molar-refractivity contribution in [1.29, 1.82) is 5.41 Å². The lowest BCUT2D eigenvalue weighted by atomic mass is 10.0. The zero-order valence-corrected chi connectivity index (χ0v) is 20.6. The lowest BCUT2D eigenvalue weighted by Gasteiger charge is -2.28. The molecular formula is C24H31N5O5S. The highest BCUT2D eigenvalue weighted by Gasteiger charge is 2.38. The maximum Gasteiger partial charge on any atom is 0.243 e. The third-order valence-electron chi connectivity index (χ3n) is 5.83. The molecule has 11 heteroatoms. The Morgan fingerprint density at radius 1 is 1.23 bits per heavy atom. The van der Waals surface area contributed by atoms with E-state index in [1.165, 1.54) is 12.0 Å². The molecule has 188 valence electrons. The largest absolute Gasteiger partial charge is 0.496 e. The predicted molar refractivity (Wildman–Crippen MR) is 133 cm³/mol. The Kier molecular flexibility index (Phi) is 8.47. The molecule has 1 heterocycles. The number of hydrogen-bond acceptors (Lipinski definition) is 6. The molecule has 0 spiro atoms. The van der Waals surface area contributed by atoms with Crippen LogP contribution in [0.4, 0.5) is 0 Å². The van der Waals surface area contributed by atoms with Crippen molar-refractivity contribution in [2.45, 2.75) is 37.9 Å². The third kappa shape index (κ3) is 7.03. The zero-order valence-electron chi connectivity index (χ0n) is 19.8. The number of hydrogen-bond donors (Lipinski definition) is 4. The number of likely N-dealkylation sites (tertiary alicyclic amines) is 1. The summed E-state index contributed by atoms with van der Waals surface area (Å²) in [7, 11) is -2.17. The quantitative estimate of drug-likeness (QED) is 0.278. The molecule has 1 aliphatic heterocycles. The van der Waals surface area contributed by atoms with Crippen LogP contribution in [0.5, 0.6) is 5.75 Å². The van der Waals surface area contributed by atoms with Crippen molar-refractivity contribution in [1.82, 2.24) is 14.9 Å². The summed E-state index contributed by atoms with van der Waals surface area (Å²) in [4.78, 5) is 27.9. The maximum atomic E-state index is 13.4. The second-order valence-electron chi connectivity index (χ2n) is 8.48. The first-order chi connectivity index (χ1) is 16.6. The molecular weight excluding hydrogens is 470 g/mol. The number of carbonyl (C=O) groups is 2. The van der Waals surface area contributed by atoms with Crippen LogP contribution in [0.15, 0.2) is 48.5 Å². The number of methoxy groups -OCH3 is 1. The highest BCUT2D eigenvalue weighted by Crippen LogP contribution is 2.22. The molecule has 2 atom stereocenters. The van der Waals surface area contributed by atoms with Crippen LogP contribution in [-0.4, -0.2) is 63.0 Å². The van der Waals surface area contributed by atoms with E-state index in [0.29, 0.717) is 36.3 Å². The highest BCUT2D eigenvalue weighted by molar-refractivity contribution is 7.88. The van der Waals surface area contributed by atoms with Gasteiger partial charge in [0, 0.05) is 24.2 Å². The maximum absolute atomic E-state index is 13.4. The van der Waals surface area contributed by atoms with Crippen molar-refractivity contribution in [2.24, 2.45) is 5.73 Å². The van der Waals surface area contributed by atoms with E-state index in [1.807, 2.05) is 30.3 Å². The van der Waals surface area contributed by atoms with Gasteiger partial charge in [-0.1, -0.05) is 42.5 Å². The van der Waals surface area contributed by atoms with Gasteiger partial charge in [-0.05, 0) is 30.9 Å². The van der Waals surface area contributed by atoms with Crippen LogP contribution in [0.1, 0.15) is 29.5 Å². The van der Waals surface area contributed by atoms with Crippen LogP contribution in [-0.2, 0) is 32.6 Å². The smallest absolute Gasteiger partial charge is 0.243 e. The van der Waals surface area contributed by atoms with Crippen molar-refractivity contribution in [3.05, 3.63) is 65.2 Å². The van der Waals surface area contributed by atoms with Crippen molar-refractivity contribution in [2.75, 3.05) is 19.9 Å². The first-order valence-electron chi connectivity index (χ1n) is 11.2. The van der Waals surface area contributed by atoms with Crippen LogP contribution >= 0.6 is 0 Å². The first-order valence-corrected chi connectivity index (χ1v) is 13.1. The summed E-state index contributed by atoms with van der Waals surface area (Å²) in [6.45, 7) is 0.526. The van der Waals surface area contributed by atoms with E-state index in [2.05, 4.69) is 10.0 Å². The van der Waals surface area contributed by atoms with Gasteiger partial charge < -0.3 is 20.7 Å². The zero-order chi connectivity index (χ0) is 25.6. The average Bonchev–Trinajstić information content (AvgIpc) is 3.31. The first kappa shape index (κ1) is 26.2. The van der Waals surface area contributed by atoms with Crippen molar-refractivity contribution in [3.63, 3.8) is 0 Å². The molecule has 1 fully saturated rings. The number of nitrogens with zero attached hydrogens (tertiary/aromatic N) is 1. The number of nitrogens with one attached hydrogen (secondary N) is 3. The number of nitrogen functional groups attached to an aromatic ring is 1. The molecule has 1 saturated heterocycles. The van der Waals surface area contributed by atoms with E-state index in [9.17, 15) is 18.0 Å². The summed E-state index contributed by atoms with van der Waals surface area (Å²) in [6, 6.07) is 12.4. The molecule has 3 rings (SSSR count). The number of ether oxygens (including phenoxy) is 1. The van der Waals surface area contributed by atoms with E-state index < -0.39 is 28.0 Å². The number of rotatable bonds is 10. The van der Waals surface area contributed by atoms with Gasteiger partial charge in [0.05, 0.1) is 13.4 Å². The minimum Gasteiger partial charge on any atom is -0.496 e. The normalized spacial score (nSPS) is 16.5. The van der Waals surface area contributed by atoms with E-state index in [1.54, 1.807) is 18.2 Å². The van der Waals surface area contributed by atoms with Gasteiger partial charge in [0.25, 0.3) is 0 Å². The van der Waals surface area contributed by atoms with Gasteiger partial charge in [-0.3, -0.25) is 15.0 Å². The molecule has 2 amide bonds. The fourth-order valence-corrected chi connectivity index (χ4v) is 4.85. The Bertz CT molecular complexity index is 1190. The number of carbonyl (C=O) groups excluding carboxylic acids is 2. The number of amides is 2. The molecule has 0 radical (unpaired) electrons. The van der Waals surface area contributed by atoms with Crippen molar-refractivity contribution < 1.29 is 22.7 Å². The van der Waals surface area contributed by atoms with Crippen LogP contribution in [0.2, 0.25) is 0 Å². The van der Waals surface area contributed by atoms with Crippen LogP contribution < -0.4 is 20.5 Å². The third-order valence-corrected chi connectivity index (χ3v) is 6.54. The Morgan fingerprint density at radius 2 is 1.94 bits per heavy atom. The van der Waals surface area contributed by atoms with Gasteiger partial charge in [-0.25, -0.2) is 13.1 Å². The number of sulfonamides is 1. The monoisotopic (exact) mass is 501 g/mol. The summed E-state index contributed by atoms with van der Waals surface area (Å²) < 4.78 is 31.7. The summed E-state index contributed by atoms with van der Waals surface area (Å²) in [5, 5.41) is 10.4. The van der Waals surface area contributed by atoms with E-state index >= 15 is 0 Å². The molecule has 5 N–H and O–H groups in total. The Labute approximate surface area is 205 Å². The highest BCUT2D eigenvalue weighted by atomic mass is 32.2. The lowest BCUT2D eigenvalue weighted by molar-refractivity contribution is -0.139. The fourth-order valence-electron chi connectivity index (χ4n) is 4.15. The van der Waals surface area contributed by atoms with E-state index in [-0.39, 0.29) is 24.7 Å². The Hall–Kier alpha value is -3.44. The van der Waals surface area contributed by atoms with Gasteiger partial charge in [-0.15, -0.1) is 0 Å². The standard InChI is InChI=1S/C24H31N5O5S/c1-34-21-14-17(22(25)26)10-11-18(21)15-27-23(30)20-9-6-12-29(20)24(31)19(28-35(2,32)33)13-16-7-4-3-5-8-16/h3-5,7-8,10-11,14,19-20,28H,6,9,12-13,15H2,1-2H3,(H3,25,26)(H,27,30)/t19-,20+/m1/s1.